The zero-order valence-corrected chi connectivity index (χ0v) is 33.8. The molecule has 4 heterocycles. The SMILES string of the molecule is O=C(NC(CSSC[C@H](NC(=O)OCc1ccccc1)C(=O)NC(c1cccnc1)c1cccnc1)C(=O)NC(c1cccnc1)c1cccnc1)OCc1ccccc1. The Kier molecular flexibility index (Phi) is 16.4. The summed E-state index contributed by atoms with van der Waals surface area (Å²) in [5.41, 5.74) is 4.39. The quantitative estimate of drug-likeness (QED) is 0.0524. The van der Waals surface area contributed by atoms with Crippen LogP contribution < -0.4 is 21.3 Å². The minimum absolute atomic E-state index is 0.00118. The van der Waals surface area contributed by atoms with Crippen LogP contribution in [-0.2, 0) is 32.3 Å². The Morgan fingerprint density at radius 1 is 0.450 bits per heavy atom. The van der Waals surface area contributed by atoms with Crippen LogP contribution >= 0.6 is 21.6 Å². The summed E-state index contributed by atoms with van der Waals surface area (Å²) in [6.45, 7) is -0.00235. The van der Waals surface area contributed by atoms with Crippen molar-refractivity contribution in [3.05, 3.63) is 192 Å². The van der Waals surface area contributed by atoms with E-state index in [9.17, 15) is 19.2 Å². The van der Waals surface area contributed by atoms with Gasteiger partial charge in [-0.15, -0.1) is 0 Å². The van der Waals surface area contributed by atoms with Gasteiger partial charge in [0.1, 0.15) is 25.3 Å². The number of nitrogens with zero attached hydrogens (tertiary/aromatic N) is 4. The number of alkyl carbamates (subject to hydrolysis) is 2. The van der Waals surface area contributed by atoms with Crippen LogP contribution in [-0.4, -0.2) is 67.5 Å². The Labute approximate surface area is 355 Å². The van der Waals surface area contributed by atoms with Crippen LogP contribution in [0.1, 0.15) is 45.5 Å². The monoisotopic (exact) mass is 842 g/mol. The lowest BCUT2D eigenvalue weighted by atomic mass is 10.0. The molecule has 2 atom stereocenters. The molecule has 0 bridgehead atoms. The first-order chi connectivity index (χ1) is 29.4. The maximum absolute atomic E-state index is 14.1. The van der Waals surface area contributed by atoms with Crippen molar-refractivity contribution in [3.8, 4) is 0 Å². The van der Waals surface area contributed by atoms with E-state index in [1.54, 1.807) is 73.8 Å². The summed E-state index contributed by atoms with van der Waals surface area (Å²) in [6.07, 6.45) is 11.5. The van der Waals surface area contributed by atoms with E-state index < -0.39 is 48.2 Å². The molecule has 0 spiro atoms. The standard InChI is InChI=1S/C44H42N8O6S2/c53-41(51-39(33-15-7-19-45-23-33)34-16-8-20-46-24-34)37(49-43(55)57-27-31-11-3-1-4-12-31)29-59-60-30-38(50-44(56)58-28-32-13-5-2-6-14-32)42(54)52-40(35-17-9-21-47-25-35)36-18-10-22-48-26-36/h1-26,37-40H,27-30H2,(H,49,55)(H,50,56)(H,51,53)(H,52,54)/t37-,38?/m0/s1. The highest BCUT2D eigenvalue weighted by Gasteiger charge is 2.29. The first-order valence-electron chi connectivity index (χ1n) is 18.8. The molecular formula is C44H42N8O6S2. The van der Waals surface area contributed by atoms with Gasteiger partial charge in [0.25, 0.3) is 0 Å². The number of benzene rings is 2. The van der Waals surface area contributed by atoms with Crippen molar-refractivity contribution in [3.63, 3.8) is 0 Å². The van der Waals surface area contributed by atoms with Crippen LogP contribution in [0.15, 0.2) is 159 Å². The van der Waals surface area contributed by atoms with Crippen LogP contribution in [0.4, 0.5) is 9.59 Å². The summed E-state index contributed by atoms with van der Waals surface area (Å²) in [6, 6.07) is 29.3. The second kappa shape index (κ2) is 23.0. The maximum atomic E-state index is 14.1. The molecule has 1 unspecified atom stereocenters. The minimum Gasteiger partial charge on any atom is -0.445 e. The number of carbonyl (C=O) groups is 4. The van der Waals surface area contributed by atoms with Gasteiger partial charge in [0.2, 0.25) is 11.8 Å². The molecule has 4 N–H and O–H groups in total. The summed E-state index contributed by atoms with van der Waals surface area (Å²) >= 11 is 0. The molecule has 16 heteroatoms. The molecule has 0 aliphatic rings. The number of pyridine rings is 4. The van der Waals surface area contributed by atoms with Crippen LogP contribution in [0.3, 0.4) is 0 Å². The lowest BCUT2D eigenvalue weighted by Gasteiger charge is -2.24. The van der Waals surface area contributed by atoms with E-state index in [1.165, 1.54) is 21.6 Å². The Morgan fingerprint density at radius 2 is 0.783 bits per heavy atom. The third kappa shape index (κ3) is 13.4. The van der Waals surface area contributed by atoms with E-state index in [2.05, 4.69) is 41.2 Å². The van der Waals surface area contributed by atoms with Gasteiger partial charge in [0, 0.05) is 61.1 Å². The topological polar surface area (TPSA) is 186 Å². The summed E-state index contributed by atoms with van der Waals surface area (Å²) in [7, 11) is 2.46. The number of carbonyl (C=O) groups excluding carboxylic acids is 4. The first-order valence-corrected chi connectivity index (χ1v) is 21.3. The summed E-state index contributed by atoms with van der Waals surface area (Å²) in [4.78, 5) is 71.3. The zero-order valence-electron chi connectivity index (χ0n) is 32.2. The van der Waals surface area contributed by atoms with Crippen LogP contribution in [0.2, 0.25) is 0 Å². The zero-order chi connectivity index (χ0) is 41.8. The molecule has 0 aliphatic carbocycles. The smallest absolute Gasteiger partial charge is 0.408 e. The van der Waals surface area contributed by atoms with Crippen LogP contribution in [0.5, 0.6) is 0 Å². The average molecular weight is 843 g/mol. The predicted octanol–water partition coefficient (Wildman–Crippen LogP) is 6.35. The largest absolute Gasteiger partial charge is 0.445 e. The number of ether oxygens (including phenoxy) is 2. The number of amides is 4. The van der Waals surface area contributed by atoms with Crippen LogP contribution in [0, 0.1) is 0 Å². The molecule has 0 aliphatic heterocycles. The molecular weight excluding hydrogens is 801 g/mol. The summed E-state index contributed by atoms with van der Waals surface area (Å²) < 4.78 is 11.0. The molecule has 306 valence electrons. The fraction of sp³-hybridized carbons (Fsp3) is 0.182. The number of hydrogen-bond acceptors (Lipinski definition) is 12. The van der Waals surface area contributed by atoms with Crippen molar-refractivity contribution in [2.45, 2.75) is 37.4 Å². The predicted molar refractivity (Wildman–Crippen MR) is 229 cm³/mol. The Bertz CT molecular complexity index is 2000. The molecule has 6 rings (SSSR count). The van der Waals surface area contributed by atoms with Gasteiger partial charge in [-0.25, -0.2) is 9.59 Å². The molecule has 60 heavy (non-hydrogen) atoms. The van der Waals surface area contributed by atoms with Crippen molar-refractivity contribution in [2.24, 2.45) is 0 Å². The third-order valence-electron chi connectivity index (χ3n) is 8.84. The average Bonchev–Trinajstić information content (AvgIpc) is 3.30. The van der Waals surface area contributed by atoms with Gasteiger partial charge in [-0.2, -0.15) is 0 Å². The van der Waals surface area contributed by atoms with E-state index in [0.29, 0.717) is 22.3 Å². The van der Waals surface area contributed by atoms with Crippen molar-refractivity contribution < 1.29 is 28.7 Å². The molecule has 4 aromatic heterocycles. The fourth-order valence-electron chi connectivity index (χ4n) is 5.80. The van der Waals surface area contributed by atoms with Crippen molar-refractivity contribution in [1.82, 2.24) is 41.2 Å². The van der Waals surface area contributed by atoms with Gasteiger partial charge in [0.15, 0.2) is 0 Å². The highest BCUT2D eigenvalue weighted by Crippen LogP contribution is 2.26. The number of aromatic nitrogens is 4. The van der Waals surface area contributed by atoms with E-state index in [4.69, 9.17) is 9.47 Å². The van der Waals surface area contributed by atoms with E-state index in [1.807, 2.05) is 84.9 Å². The first kappa shape index (κ1) is 42.8. The summed E-state index contributed by atoms with van der Waals surface area (Å²) in [5.74, 6) is -0.870. The van der Waals surface area contributed by atoms with Crippen molar-refractivity contribution in [2.75, 3.05) is 11.5 Å². The molecule has 0 fully saturated rings. The van der Waals surface area contributed by atoms with Crippen molar-refractivity contribution in [1.29, 1.82) is 0 Å². The second-order valence-electron chi connectivity index (χ2n) is 13.1. The van der Waals surface area contributed by atoms with Gasteiger partial charge in [0.05, 0.1) is 12.1 Å². The fourth-order valence-corrected chi connectivity index (χ4v) is 8.13. The molecule has 0 radical (unpaired) electrons. The van der Waals surface area contributed by atoms with Gasteiger partial charge in [-0.1, -0.05) is 107 Å². The molecule has 2 aromatic carbocycles. The molecule has 14 nitrogen and oxygen atoms in total. The van der Waals surface area contributed by atoms with Gasteiger partial charge < -0.3 is 30.7 Å². The van der Waals surface area contributed by atoms with Crippen LogP contribution in [0.25, 0.3) is 0 Å². The van der Waals surface area contributed by atoms with Gasteiger partial charge >= 0.3 is 12.2 Å². The number of hydrogen-bond donors (Lipinski definition) is 4. The Balaban J connectivity index is 1.16. The maximum Gasteiger partial charge on any atom is 0.408 e. The van der Waals surface area contributed by atoms with Crippen molar-refractivity contribution >= 4 is 45.6 Å². The number of rotatable bonds is 19. The highest BCUT2D eigenvalue weighted by atomic mass is 33.1. The molecule has 6 aromatic rings. The van der Waals surface area contributed by atoms with Gasteiger partial charge in [-0.3, -0.25) is 29.5 Å². The highest BCUT2D eigenvalue weighted by molar-refractivity contribution is 8.76. The molecule has 0 saturated carbocycles. The lowest BCUT2D eigenvalue weighted by molar-refractivity contribution is -0.123. The molecule has 4 amide bonds. The second-order valence-corrected chi connectivity index (χ2v) is 15.7. The van der Waals surface area contributed by atoms with E-state index in [0.717, 1.165) is 11.1 Å². The molecule has 0 saturated heterocycles. The third-order valence-corrected chi connectivity index (χ3v) is 11.3. The number of nitrogens with one attached hydrogen (secondary N) is 4. The lowest BCUT2D eigenvalue weighted by Crippen LogP contribution is -2.50. The minimum atomic E-state index is -1.08. The Morgan fingerprint density at radius 3 is 1.08 bits per heavy atom. The Hall–Kier alpha value is -6.78. The van der Waals surface area contributed by atoms with Gasteiger partial charge in [-0.05, 0) is 57.6 Å². The summed E-state index contributed by atoms with van der Waals surface area (Å²) in [5, 5.41) is 11.5. The normalized spacial score (nSPS) is 11.8. The van der Waals surface area contributed by atoms with E-state index in [-0.39, 0.29) is 24.7 Å². The van der Waals surface area contributed by atoms with E-state index >= 15 is 0 Å².